The number of amides is 2. The van der Waals surface area contributed by atoms with Crippen LogP contribution in [0, 0.1) is 0 Å². The molecule has 0 saturated heterocycles. The Morgan fingerprint density at radius 1 is 1.26 bits per heavy atom. The topological polar surface area (TPSA) is 69.6 Å². The standard InChI is InChI=1S/C13H24N2O3S/c1-19-9-5-3-2-4-8-14-13(18)15(10-12(16)17)11-6-7-11/h11H,2-10H2,1H3,(H,14,18)(H,16,17). The van der Waals surface area contributed by atoms with Crippen LogP contribution in [-0.4, -0.2) is 53.1 Å². The van der Waals surface area contributed by atoms with Crippen LogP contribution in [-0.2, 0) is 4.79 Å². The van der Waals surface area contributed by atoms with E-state index in [0.29, 0.717) is 6.54 Å². The number of urea groups is 1. The van der Waals surface area contributed by atoms with Gasteiger partial charge in [0.2, 0.25) is 0 Å². The number of nitrogens with one attached hydrogen (secondary N) is 1. The summed E-state index contributed by atoms with van der Waals surface area (Å²) >= 11 is 1.86. The molecule has 1 aliphatic rings. The molecule has 0 radical (unpaired) electrons. The Labute approximate surface area is 119 Å². The molecule has 0 unspecified atom stereocenters. The second kappa shape index (κ2) is 9.07. The quantitative estimate of drug-likeness (QED) is 0.604. The number of hydrogen-bond donors (Lipinski definition) is 2. The van der Waals surface area contributed by atoms with E-state index in [1.165, 1.54) is 23.5 Å². The second-order valence-corrected chi connectivity index (χ2v) is 5.88. The van der Waals surface area contributed by atoms with E-state index in [0.717, 1.165) is 25.7 Å². The van der Waals surface area contributed by atoms with Crippen LogP contribution in [0.25, 0.3) is 0 Å². The van der Waals surface area contributed by atoms with Crippen molar-refractivity contribution in [2.24, 2.45) is 0 Å². The van der Waals surface area contributed by atoms with Crippen molar-refractivity contribution in [3.8, 4) is 0 Å². The first kappa shape index (κ1) is 16.1. The average molecular weight is 288 g/mol. The molecule has 2 amide bonds. The highest BCUT2D eigenvalue weighted by molar-refractivity contribution is 7.98. The van der Waals surface area contributed by atoms with E-state index in [1.54, 1.807) is 0 Å². The molecule has 0 aromatic rings. The van der Waals surface area contributed by atoms with E-state index < -0.39 is 5.97 Å². The van der Waals surface area contributed by atoms with Crippen LogP contribution in [0.5, 0.6) is 0 Å². The van der Waals surface area contributed by atoms with Crippen molar-refractivity contribution in [3.63, 3.8) is 0 Å². The molecular weight excluding hydrogens is 264 g/mol. The summed E-state index contributed by atoms with van der Waals surface area (Å²) in [6.07, 6.45) is 8.45. The fraction of sp³-hybridized carbons (Fsp3) is 0.846. The number of thioether (sulfide) groups is 1. The van der Waals surface area contributed by atoms with Gasteiger partial charge in [-0.3, -0.25) is 4.79 Å². The normalized spacial score (nSPS) is 14.2. The van der Waals surface area contributed by atoms with Crippen LogP contribution < -0.4 is 5.32 Å². The molecule has 0 aromatic carbocycles. The lowest BCUT2D eigenvalue weighted by Crippen LogP contribution is -2.44. The Morgan fingerprint density at radius 2 is 1.95 bits per heavy atom. The summed E-state index contributed by atoms with van der Waals surface area (Å²) in [6, 6.07) is -0.0910. The predicted molar refractivity (Wildman–Crippen MR) is 77.6 cm³/mol. The average Bonchev–Trinajstić information content (AvgIpc) is 3.18. The van der Waals surface area contributed by atoms with Gasteiger partial charge in [0, 0.05) is 12.6 Å². The van der Waals surface area contributed by atoms with Gasteiger partial charge in [-0.15, -0.1) is 0 Å². The summed E-state index contributed by atoms with van der Waals surface area (Å²) < 4.78 is 0. The predicted octanol–water partition coefficient (Wildman–Crippen LogP) is 2.17. The van der Waals surface area contributed by atoms with Gasteiger partial charge in [0.1, 0.15) is 6.54 Å². The fourth-order valence-corrected chi connectivity index (χ4v) is 2.41. The van der Waals surface area contributed by atoms with Gasteiger partial charge in [-0.25, -0.2) is 4.79 Å². The number of unbranched alkanes of at least 4 members (excludes halogenated alkanes) is 3. The lowest BCUT2D eigenvalue weighted by atomic mass is 10.2. The van der Waals surface area contributed by atoms with E-state index in [9.17, 15) is 9.59 Å². The molecule has 0 spiro atoms. The van der Waals surface area contributed by atoms with E-state index in [4.69, 9.17) is 5.11 Å². The van der Waals surface area contributed by atoms with Gasteiger partial charge < -0.3 is 15.3 Å². The van der Waals surface area contributed by atoms with E-state index in [-0.39, 0.29) is 18.6 Å². The van der Waals surface area contributed by atoms with E-state index in [2.05, 4.69) is 11.6 Å². The lowest BCUT2D eigenvalue weighted by Gasteiger charge is -2.20. The maximum absolute atomic E-state index is 11.8. The molecule has 1 rings (SSSR count). The Balaban J connectivity index is 2.09. The van der Waals surface area contributed by atoms with Crippen molar-refractivity contribution >= 4 is 23.8 Å². The minimum Gasteiger partial charge on any atom is -0.480 e. The van der Waals surface area contributed by atoms with Crippen LogP contribution in [0.2, 0.25) is 0 Å². The van der Waals surface area contributed by atoms with Gasteiger partial charge in [-0.2, -0.15) is 11.8 Å². The Bertz CT molecular complexity index is 296. The largest absolute Gasteiger partial charge is 0.480 e. The van der Waals surface area contributed by atoms with Crippen LogP contribution in [0.3, 0.4) is 0 Å². The van der Waals surface area contributed by atoms with Crippen molar-refractivity contribution in [1.82, 2.24) is 10.2 Å². The first-order chi connectivity index (χ1) is 9.15. The van der Waals surface area contributed by atoms with Crippen LogP contribution in [0.15, 0.2) is 0 Å². The number of carbonyl (C=O) groups is 2. The summed E-state index contributed by atoms with van der Waals surface area (Å²) in [5.74, 6) is 0.250. The third-order valence-corrected chi connectivity index (χ3v) is 3.80. The SMILES string of the molecule is CSCCCCCCNC(=O)N(CC(=O)O)C1CC1. The molecule has 2 N–H and O–H groups in total. The van der Waals surface area contributed by atoms with Gasteiger partial charge in [0.25, 0.3) is 0 Å². The monoisotopic (exact) mass is 288 g/mol. The highest BCUT2D eigenvalue weighted by atomic mass is 32.2. The number of carboxylic acids is 1. The summed E-state index contributed by atoms with van der Waals surface area (Å²) in [5, 5.41) is 11.6. The zero-order valence-electron chi connectivity index (χ0n) is 11.6. The Hall–Kier alpha value is -0.910. The molecule has 0 aromatic heterocycles. The molecule has 1 aliphatic carbocycles. The number of carboxylic acid groups (broad SMARTS) is 1. The highest BCUT2D eigenvalue weighted by Crippen LogP contribution is 2.26. The molecule has 0 atom stereocenters. The third kappa shape index (κ3) is 7.30. The molecule has 1 fully saturated rings. The molecular formula is C13H24N2O3S. The molecule has 6 heteroatoms. The van der Waals surface area contributed by atoms with Crippen molar-refractivity contribution in [2.75, 3.05) is 25.1 Å². The van der Waals surface area contributed by atoms with E-state index in [1.807, 2.05) is 11.8 Å². The molecule has 1 saturated carbocycles. The molecule has 5 nitrogen and oxygen atoms in total. The van der Waals surface area contributed by atoms with Gasteiger partial charge in [0.15, 0.2) is 0 Å². The van der Waals surface area contributed by atoms with Gasteiger partial charge >= 0.3 is 12.0 Å². The van der Waals surface area contributed by atoms with Crippen molar-refractivity contribution in [1.29, 1.82) is 0 Å². The highest BCUT2D eigenvalue weighted by Gasteiger charge is 2.33. The maximum Gasteiger partial charge on any atom is 0.323 e. The number of hydrogen-bond acceptors (Lipinski definition) is 3. The van der Waals surface area contributed by atoms with Crippen molar-refractivity contribution < 1.29 is 14.7 Å². The summed E-state index contributed by atoms with van der Waals surface area (Å²) in [7, 11) is 0. The molecule has 19 heavy (non-hydrogen) atoms. The molecule has 0 aliphatic heterocycles. The second-order valence-electron chi connectivity index (χ2n) is 4.89. The number of carbonyl (C=O) groups excluding carboxylic acids is 1. The number of aliphatic carboxylic acids is 1. The first-order valence-corrected chi connectivity index (χ1v) is 8.29. The van der Waals surface area contributed by atoms with Crippen LogP contribution in [0.4, 0.5) is 4.79 Å². The fourth-order valence-electron chi connectivity index (χ4n) is 1.92. The van der Waals surface area contributed by atoms with Crippen molar-refractivity contribution in [3.05, 3.63) is 0 Å². The van der Waals surface area contributed by atoms with E-state index >= 15 is 0 Å². The minimum atomic E-state index is -0.945. The first-order valence-electron chi connectivity index (χ1n) is 6.90. The smallest absolute Gasteiger partial charge is 0.323 e. The zero-order chi connectivity index (χ0) is 14.1. The Morgan fingerprint density at radius 3 is 2.53 bits per heavy atom. The summed E-state index contributed by atoms with van der Waals surface area (Å²) in [6.45, 7) is 0.450. The molecule has 0 heterocycles. The summed E-state index contributed by atoms with van der Waals surface area (Å²) in [5.41, 5.74) is 0. The number of nitrogens with zero attached hydrogens (tertiary/aromatic N) is 1. The van der Waals surface area contributed by atoms with Crippen LogP contribution >= 0.6 is 11.8 Å². The van der Waals surface area contributed by atoms with Gasteiger partial charge in [-0.05, 0) is 37.7 Å². The minimum absolute atomic E-state index is 0.137. The number of rotatable bonds is 10. The van der Waals surface area contributed by atoms with Crippen molar-refractivity contribution in [2.45, 2.75) is 44.6 Å². The Kier molecular flexibility index (Phi) is 7.70. The van der Waals surface area contributed by atoms with Crippen LogP contribution in [0.1, 0.15) is 38.5 Å². The molecule has 0 bridgehead atoms. The zero-order valence-corrected chi connectivity index (χ0v) is 12.4. The summed E-state index contributed by atoms with van der Waals surface area (Å²) in [4.78, 5) is 24.0. The van der Waals surface area contributed by atoms with Gasteiger partial charge in [0.05, 0.1) is 0 Å². The lowest BCUT2D eigenvalue weighted by molar-refractivity contribution is -0.137. The third-order valence-electron chi connectivity index (χ3n) is 3.11. The maximum atomic E-state index is 11.8. The van der Waals surface area contributed by atoms with Gasteiger partial charge in [-0.1, -0.05) is 12.8 Å². The molecule has 110 valence electrons.